The molecule has 0 heterocycles. The number of carbonyl (C=O) groups excluding carboxylic acids is 1. The van der Waals surface area contributed by atoms with Gasteiger partial charge in [0.2, 0.25) is 0 Å². The highest BCUT2D eigenvalue weighted by atomic mass is 16.4. The summed E-state index contributed by atoms with van der Waals surface area (Å²) in [4.78, 5) is 22.6. The van der Waals surface area contributed by atoms with Crippen LogP contribution in [0, 0.1) is 17.8 Å². The van der Waals surface area contributed by atoms with Crippen LogP contribution in [0.15, 0.2) is 24.3 Å². The first kappa shape index (κ1) is 23.6. The summed E-state index contributed by atoms with van der Waals surface area (Å²) in [5.41, 5.74) is 0. The quantitative estimate of drug-likeness (QED) is 0.256. The SMILES string of the molecule is CCCCC(C)CC(O)/C=C/C1C(O)CC(=O)C1CCCC/C=C/C(=O)O. The summed E-state index contributed by atoms with van der Waals surface area (Å²) in [6, 6.07) is 0. The molecule has 5 unspecified atom stereocenters. The van der Waals surface area contributed by atoms with E-state index in [1.54, 1.807) is 12.2 Å². The van der Waals surface area contributed by atoms with E-state index in [0.717, 1.165) is 38.2 Å². The van der Waals surface area contributed by atoms with Crippen LogP contribution in [0.25, 0.3) is 0 Å². The highest BCUT2D eigenvalue weighted by molar-refractivity contribution is 5.84. The fourth-order valence-corrected chi connectivity index (χ4v) is 3.82. The van der Waals surface area contributed by atoms with E-state index in [1.165, 1.54) is 0 Å². The fraction of sp³-hybridized carbons (Fsp3) is 0.727. The van der Waals surface area contributed by atoms with E-state index < -0.39 is 18.2 Å². The maximum absolute atomic E-state index is 12.2. The van der Waals surface area contributed by atoms with Crippen LogP contribution in [0.5, 0.6) is 0 Å². The Hall–Kier alpha value is -1.46. The minimum atomic E-state index is -0.947. The van der Waals surface area contributed by atoms with Crippen molar-refractivity contribution in [3.05, 3.63) is 24.3 Å². The largest absolute Gasteiger partial charge is 0.478 e. The fourth-order valence-electron chi connectivity index (χ4n) is 3.82. The number of carboxylic acids is 1. The monoisotopic (exact) mass is 380 g/mol. The third kappa shape index (κ3) is 9.34. The van der Waals surface area contributed by atoms with E-state index in [-0.39, 0.29) is 24.0 Å². The molecule has 1 saturated carbocycles. The first-order chi connectivity index (χ1) is 12.8. The van der Waals surface area contributed by atoms with Crippen molar-refractivity contribution in [2.24, 2.45) is 17.8 Å². The second-order valence-electron chi connectivity index (χ2n) is 7.88. The Kier molecular flexibility index (Phi) is 11.2. The van der Waals surface area contributed by atoms with Gasteiger partial charge in [-0.25, -0.2) is 4.79 Å². The van der Waals surface area contributed by atoms with Gasteiger partial charge in [-0.3, -0.25) is 4.79 Å². The number of carbonyl (C=O) groups is 2. The molecular formula is C22H36O5. The number of carboxylic acid groups (broad SMARTS) is 1. The summed E-state index contributed by atoms with van der Waals surface area (Å²) < 4.78 is 0. The molecule has 1 aliphatic rings. The van der Waals surface area contributed by atoms with E-state index in [0.29, 0.717) is 25.2 Å². The summed E-state index contributed by atoms with van der Waals surface area (Å²) in [5, 5.41) is 29.0. The summed E-state index contributed by atoms with van der Waals surface area (Å²) in [7, 11) is 0. The summed E-state index contributed by atoms with van der Waals surface area (Å²) in [6.07, 6.45) is 12.4. The molecule has 0 radical (unpaired) electrons. The van der Waals surface area contributed by atoms with E-state index in [2.05, 4.69) is 13.8 Å². The van der Waals surface area contributed by atoms with Gasteiger partial charge in [0.05, 0.1) is 12.2 Å². The number of hydrogen-bond acceptors (Lipinski definition) is 4. The third-order valence-electron chi connectivity index (χ3n) is 5.38. The number of aliphatic hydroxyl groups excluding tert-OH is 2. The van der Waals surface area contributed by atoms with Crippen molar-refractivity contribution in [1.82, 2.24) is 0 Å². The molecule has 0 saturated heterocycles. The molecule has 1 rings (SSSR count). The predicted octanol–water partition coefficient (Wildman–Crippen LogP) is 3.89. The third-order valence-corrected chi connectivity index (χ3v) is 5.38. The zero-order valence-corrected chi connectivity index (χ0v) is 16.7. The summed E-state index contributed by atoms with van der Waals surface area (Å²) in [5.74, 6) is -0.840. The van der Waals surface area contributed by atoms with Gasteiger partial charge in [0.1, 0.15) is 5.78 Å². The lowest BCUT2D eigenvalue weighted by Gasteiger charge is -2.18. The first-order valence-electron chi connectivity index (χ1n) is 10.3. The van der Waals surface area contributed by atoms with Crippen molar-refractivity contribution < 1.29 is 24.9 Å². The van der Waals surface area contributed by atoms with Crippen LogP contribution in [0.2, 0.25) is 0 Å². The Bertz CT molecular complexity index is 511. The Labute approximate surface area is 163 Å². The Balaban J connectivity index is 2.47. The van der Waals surface area contributed by atoms with Gasteiger partial charge in [0.15, 0.2) is 0 Å². The smallest absolute Gasteiger partial charge is 0.327 e. The van der Waals surface area contributed by atoms with E-state index in [4.69, 9.17) is 5.11 Å². The number of aliphatic hydroxyl groups is 2. The van der Waals surface area contributed by atoms with Gasteiger partial charge in [-0.05, 0) is 31.6 Å². The van der Waals surface area contributed by atoms with Gasteiger partial charge < -0.3 is 15.3 Å². The van der Waals surface area contributed by atoms with Gasteiger partial charge in [0, 0.05) is 24.3 Å². The lowest BCUT2D eigenvalue weighted by molar-refractivity contribution is -0.131. The number of ketones is 1. The van der Waals surface area contributed by atoms with Crippen LogP contribution in [0.1, 0.15) is 71.6 Å². The van der Waals surface area contributed by atoms with Crippen molar-refractivity contribution in [3.63, 3.8) is 0 Å². The molecule has 0 aliphatic heterocycles. The maximum Gasteiger partial charge on any atom is 0.327 e. The number of allylic oxidation sites excluding steroid dienone is 1. The van der Waals surface area contributed by atoms with E-state index >= 15 is 0 Å². The molecule has 0 bridgehead atoms. The second kappa shape index (κ2) is 12.8. The highest BCUT2D eigenvalue weighted by Gasteiger charge is 2.39. The predicted molar refractivity (Wildman–Crippen MR) is 106 cm³/mol. The lowest BCUT2D eigenvalue weighted by Crippen LogP contribution is -2.19. The molecule has 1 aliphatic carbocycles. The topological polar surface area (TPSA) is 94.8 Å². The maximum atomic E-state index is 12.2. The molecule has 5 heteroatoms. The van der Waals surface area contributed by atoms with E-state index in [9.17, 15) is 19.8 Å². The van der Waals surface area contributed by atoms with Crippen LogP contribution in [0.4, 0.5) is 0 Å². The van der Waals surface area contributed by atoms with Gasteiger partial charge in [-0.2, -0.15) is 0 Å². The molecule has 0 aromatic heterocycles. The molecule has 0 spiro atoms. The van der Waals surface area contributed by atoms with Gasteiger partial charge >= 0.3 is 5.97 Å². The van der Waals surface area contributed by atoms with Crippen LogP contribution < -0.4 is 0 Å². The Morgan fingerprint density at radius 1 is 1.30 bits per heavy atom. The molecule has 0 amide bonds. The Morgan fingerprint density at radius 2 is 2.04 bits per heavy atom. The van der Waals surface area contributed by atoms with Crippen LogP contribution >= 0.6 is 0 Å². The molecule has 5 atom stereocenters. The van der Waals surface area contributed by atoms with Crippen molar-refractivity contribution in [1.29, 1.82) is 0 Å². The summed E-state index contributed by atoms with van der Waals surface area (Å²) >= 11 is 0. The average molecular weight is 381 g/mol. The zero-order valence-electron chi connectivity index (χ0n) is 16.7. The molecule has 3 N–H and O–H groups in total. The highest BCUT2D eigenvalue weighted by Crippen LogP contribution is 2.34. The normalized spacial score (nSPS) is 25.5. The molecule has 154 valence electrons. The van der Waals surface area contributed by atoms with E-state index in [1.807, 2.05) is 6.08 Å². The van der Waals surface area contributed by atoms with Crippen LogP contribution in [-0.4, -0.2) is 39.3 Å². The van der Waals surface area contributed by atoms with Crippen LogP contribution in [-0.2, 0) is 9.59 Å². The minimum absolute atomic E-state index is 0.0871. The standard InChI is InChI=1S/C22H36O5/c1-3-4-9-16(2)14-17(23)12-13-19-18(20(24)15-21(19)25)10-7-5-6-8-11-22(26)27/h8,11-13,16-19,21,23,25H,3-7,9-10,14-15H2,1-2H3,(H,26,27)/b11-8+,13-12+. The van der Waals surface area contributed by atoms with Gasteiger partial charge in [-0.15, -0.1) is 0 Å². The second-order valence-corrected chi connectivity index (χ2v) is 7.88. The zero-order chi connectivity index (χ0) is 20.2. The number of Topliss-reactive ketones (excluding diaryl/α,β-unsaturated/α-hetero) is 1. The van der Waals surface area contributed by atoms with Crippen molar-refractivity contribution in [2.45, 2.75) is 83.8 Å². The molecule has 5 nitrogen and oxygen atoms in total. The minimum Gasteiger partial charge on any atom is -0.478 e. The summed E-state index contributed by atoms with van der Waals surface area (Å²) in [6.45, 7) is 4.30. The Morgan fingerprint density at radius 3 is 2.70 bits per heavy atom. The van der Waals surface area contributed by atoms with Crippen LogP contribution in [0.3, 0.4) is 0 Å². The van der Waals surface area contributed by atoms with Crippen molar-refractivity contribution in [2.75, 3.05) is 0 Å². The molecular weight excluding hydrogens is 344 g/mol. The number of aliphatic carboxylic acids is 1. The molecule has 0 aromatic carbocycles. The van der Waals surface area contributed by atoms with Gasteiger partial charge in [0.25, 0.3) is 0 Å². The van der Waals surface area contributed by atoms with Gasteiger partial charge in [-0.1, -0.05) is 57.8 Å². The molecule has 1 fully saturated rings. The first-order valence-corrected chi connectivity index (χ1v) is 10.3. The number of unbranched alkanes of at least 4 members (excludes halogenated alkanes) is 3. The molecule has 0 aromatic rings. The average Bonchev–Trinajstić information content (AvgIpc) is 2.87. The molecule has 27 heavy (non-hydrogen) atoms. The van der Waals surface area contributed by atoms with Crippen molar-refractivity contribution in [3.8, 4) is 0 Å². The van der Waals surface area contributed by atoms with Crippen molar-refractivity contribution >= 4 is 11.8 Å². The lowest BCUT2D eigenvalue weighted by atomic mass is 9.88. The number of rotatable bonds is 13. The number of hydrogen-bond donors (Lipinski definition) is 3.